The molecule has 0 bridgehead atoms. The van der Waals surface area contributed by atoms with Gasteiger partial charge in [-0.1, -0.05) is 29.2 Å². The molecule has 3 heterocycles. The molecule has 2 aromatic heterocycles. The van der Waals surface area contributed by atoms with Gasteiger partial charge in [-0.05, 0) is 43.8 Å². The van der Waals surface area contributed by atoms with E-state index in [1.54, 1.807) is 12.1 Å². The number of thiazole rings is 1. The molecule has 164 valence electrons. The van der Waals surface area contributed by atoms with Gasteiger partial charge in [0.2, 0.25) is 15.9 Å². The number of benzene rings is 1. The maximum absolute atomic E-state index is 12.8. The Bertz CT molecular complexity index is 1190. The number of fused-ring (bicyclic) bond motifs is 1. The molecule has 11 heteroatoms. The zero-order chi connectivity index (χ0) is 22.0. The average Bonchev–Trinajstić information content (AvgIpc) is 3.14. The zero-order valence-corrected chi connectivity index (χ0v) is 19.7. The van der Waals surface area contributed by atoms with Crippen molar-refractivity contribution in [1.29, 1.82) is 0 Å². The number of rotatable bonds is 6. The highest BCUT2D eigenvalue weighted by atomic mass is 32.2. The zero-order valence-electron chi connectivity index (χ0n) is 17.2. The Morgan fingerprint density at radius 1 is 1.19 bits per heavy atom. The third-order valence-electron chi connectivity index (χ3n) is 4.95. The Kier molecular flexibility index (Phi) is 6.58. The summed E-state index contributed by atoms with van der Waals surface area (Å²) in [5.74, 6) is -0.0244. The van der Waals surface area contributed by atoms with E-state index in [0.29, 0.717) is 36.3 Å². The van der Waals surface area contributed by atoms with Crippen LogP contribution in [0.15, 0.2) is 46.5 Å². The lowest BCUT2D eigenvalue weighted by Crippen LogP contribution is -2.47. The molecule has 1 saturated heterocycles. The second-order valence-electron chi connectivity index (χ2n) is 7.37. The van der Waals surface area contributed by atoms with Gasteiger partial charge in [-0.2, -0.15) is 4.31 Å². The Morgan fingerprint density at radius 3 is 2.68 bits per heavy atom. The lowest BCUT2D eigenvalue weighted by molar-refractivity contribution is -0.113. The molecular formula is C20H23N5O3S3. The van der Waals surface area contributed by atoms with Crippen molar-refractivity contribution >= 4 is 54.4 Å². The van der Waals surface area contributed by atoms with E-state index in [2.05, 4.69) is 20.2 Å². The number of aryl methyl sites for hydroxylation is 1. The lowest BCUT2D eigenvalue weighted by atomic mass is 10.2. The summed E-state index contributed by atoms with van der Waals surface area (Å²) in [6, 6.07) is 9.16. The van der Waals surface area contributed by atoms with Crippen molar-refractivity contribution in [3.8, 4) is 0 Å². The summed E-state index contributed by atoms with van der Waals surface area (Å²) in [6.45, 7) is 4.39. The monoisotopic (exact) mass is 477 g/mol. The van der Waals surface area contributed by atoms with Crippen LogP contribution in [0.4, 0.5) is 5.13 Å². The third-order valence-corrected chi connectivity index (χ3v) is 8.71. The van der Waals surface area contributed by atoms with E-state index in [1.807, 2.05) is 32.2 Å². The molecule has 31 heavy (non-hydrogen) atoms. The number of piperazine rings is 1. The summed E-state index contributed by atoms with van der Waals surface area (Å²) in [5.41, 5.74) is 2.01. The van der Waals surface area contributed by atoms with Crippen LogP contribution in [-0.4, -0.2) is 72.5 Å². The minimum absolute atomic E-state index is 0.159. The molecule has 0 atom stereocenters. The smallest absolute Gasteiger partial charge is 0.244 e. The van der Waals surface area contributed by atoms with Crippen molar-refractivity contribution in [2.75, 3.05) is 44.3 Å². The molecule has 1 aromatic carbocycles. The molecular weight excluding hydrogens is 454 g/mol. The fourth-order valence-corrected chi connectivity index (χ4v) is 6.15. The molecule has 3 aromatic rings. The van der Waals surface area contributed by atoms with E-state index in [-0.39, 0.29) is 16.6 Å². The third kappa shape index (κ3) is 5.24. The summed E-state index contributed by atoms with van der Waals surface area (Å²) in [7, 11) is -1.56. The first kappa shape index (κ1) is 22.2. The number of anilines is 1. The molecule has 0 saturated carbocycles. The SMILES string of the molecule is Cc1ccc2nc(NC(=O)CSc3ccc(S(=O)(=O)N4CCN(C)CC4)cn3)sc2c1. The summed E-state index contributed by atoms with van der Waals surface area (Å²) >= 11 is 2.69. The molecule has 1 aliphatic rings. The van der Waals surface area contributed by atoms with Crippen LogP contribution in [0.3, 0.4) is 0 Å². The van der Waals surface area contributed by atoms with Crippen molar-refractivity contribution in [3.05, 3.63) is 42.1 Å². The standard InChI is InChI=1S/C20H23N5O3S3/c1-14-3-5-16-17(11-14)30-20(22-16)23-18(26)13-29-19-6-4-15(12-21-19)31(27,28)25-9-7-24(2)8-10-25/h3-6,11-12H,7-10,13H2,1-2H3,(H,22,23,26). The number of carbonyl (C=O) groups excluding carboxylic acids is 1. The minimum Gasteiger partial charge on any atom is -0.304 e. The van der Waals surface area contributed by atoms with E-state index >= 15 is 0 Å². The van der Waals surface area contributed by atoms with Gasteiger partial charge in [-0.15, -0.1) is 0 Å². The van der Waals surface area contributed by atoms with Gasteiger partial charge in [0.1, 0.15) is 4.90 Å². The van der Waals surface area contributed by atoms with E-state index in [1.165, 1.54) is 33.6 Å². The second kappa shape index (κ2) is 9.21. The number of amides is 1. The number of carbonyl (C=O) groups is 1. The predicted molar refractivity (Wildman–Crippen MR) is 124 cm³/mol. The number of hydrogen-bond donors (Lipinski definition) is 1. The van der Waals surface area contributed by atoms with Crippen LogP contribution in [-0.2, 0) is 14.8 Å². The quantitative estimate of drug-likeness (QED) is 0.545. The number of aromatic nitrogens is 2. The van der Waals surface area contributed by atoms with Gasteiger partial charge in [0.05, 0.1) is 21.0 Å². The molecule has 0 radical (unpaired) electrons. The normalized spacial score (nSPS) is 15.9. The molecule has 0 aliphatic carbocycles. The van der Waals surface area contributed by atoms with Crippen LogP contribution in [0.5, 0.6) is 0 Å². The van der Waals surface area contributed by atoms with Gasteiger partial charge in [-0.25, -0.2) is 18.4 Å². The summed E-state index contributed by atoms with van der Waals surface area (Å²) in [6.07, 6.45) is 1.36. The average molecular weight is 478 g/mol. The Balaban J connectivity index is 1.33. The molecule has 8 nitrogen and oxygen atoms in total. The van der Waals surface area contributed by atoms with Gasteiger partial charge in [-0.3, -0.25) is 4.79 Å². The number of sulfonamides is 1. The first-order valence-electron chi connectivity index (χ1n) is 9.76. The van der Waals surface area contributed by atoms with Crippen molar-refractivity contribution in [3.63, 3.8) is 0 Å². The van der Waals surface area contributed by atoms with Gasteiger partial charge >= 0.3 is 0 Å². The first-order chi connectivity index (χ1) is 14.8. The number of hydrogen-bond acceptors (Lipinski definition) is 8. The molecule has 1 aliphatic heterocycles. The van der Waals surface area contributed by atoms with E-state index in [9.17, 15) is 13.2 Å². The van der Waals surface area contributed by atoms with E-state index in [4.69, 9.17) is 0 Å². The fourth-order valence-electron chi connectivity index (χ4n) is 3.16. The van der Waals surface area contributed by atoms with Gasteiger partial charge < -0.3 is 10.2 Å². The molecule has 1 amide bonds. The lowest BCUT2D eigenvalue weighted by Gasteiger charge is -2.31. The number of likely N-dealkylation sites (N-methyl/N-ethyl adjacent to an activating group) is 1. The molecule has 1 N–H and O–H groups in total. The highest BCUT2D eigenvalue weighted by molar-refractivity contribution is 7.99. The molecule has 1 fully saturated rings. The summed E-state index contributed by atoms with van der Waals surface area (Å²) < 4.78 is 28.0. The Morgan fingerprint density at radius 2 is 1.97 bits per heavy atom. The predicted octanol–water partition coefficient (Wildman–Crippen LogP) is 2.67. The van der Waals surface area contributed by atoms with Gasteiger partial charge in [0.25, 0.3) is 0 Å². The van der Waals surface area contributed by atoms with Crippen molar-refractivity contribution < 1.29 is 13.2 Å². The number of thioether (sulfide) groups is 1. The van der Waals surface area contributed by atoms with Gasteiger partial charge in [0.15, 0.2) is 5.13 Å². The van der Waals surface area contributed by atoms with E-state index < -0.39 is 10.0 Å². The number of nitrogens with one attached hydrogen (secondary N) is 1. The topological polar surface area (TPSA) is 95.5 Å². The second-order valence-corrected chi connectivity index (χ2v) is 11.3. The van der Waals surface area contributed by atoms with Crippen molar-refractivity contribution in [2.45, 2.75) is 16.8 Å². The van der Waals surface area contributed by atoms with Crippen LogP contribution in [0.2, 0.25) is 0 Å². The Labute approximate surface area is 189 Å². The van der Waals surface area contributed by atoms with Crippen LogP contribution in [0.25, 0.3) is 10.2 Å². The van der Waals surface area contributed by atoms with Crippen molar-refractivity contribution in [2.24, 2.45) is 0 Å². The van der Waals surface area contributed by atoms with Crippen molar-refractivity contribution in [1.82, 2.24) is 19.2 Å². The fraction of sp³-hybridized carbons (Fsp3) is 0.350. The molecule has 0 unspecified atom stereocenters. The van der Waals surface area contributed by atoms with E-state index in [0.717, 1.165) is 15.8 Å². The number of pyridine rings is 1. The van der Waals surface area contributed by atoms with Crippen LogP contribution in [0, 0.1) is 6.92 Å². The highest BCUT2D eigenvalue weighted by Crippen LogP contribution is 2.27. The maximum Gasteiger partial charge on any atom is 0.244 e. The maximum atomic E-state index is 12.8. The summed E-state index contributed by atoms with van der Waals surface area (Å²) in [4.78, 5) is 23.2. The first-order valence-corrected chi connectivity index (χ1v) is 13.0. The van der Waals surface area contributed by atoms with Gasteiger partial charge in [0, 0.05) is 32.4 Å². The summed E-state index contributed by atoms with van der Waals surface area (Å²) in [5, 5.41) is 3.97. The highest BCUT2D eigenvalue weighted by Gasteiger charge is 2.27. The van der Waals surface area contributed by atoms with Crippen LogP contribution < -0.4 is 5.32 Å². The minimum atomic E-state index is -3.54. The molecule has 0 spiro atoms. The largest absolute Gasteiger partial charge is 0.304 e. The van der Waals surface area contributed by atoms with Crippen LogP contribution >= 0.6 is 23.1 Å². The number of nitrogens with zero attached hydrogens (tertiary/aromatic N) is 4. The molecule has 4 rings (SSSR count). The van der Waals surface area contributed by atoms with Crippen LogP contribution in [0.1, 0.15) is 5.56 Å². The Hall–Kier alpha value is -2.05.